The molecule has 3 aromatic carbocycles. The second-order valence-electron chi connectivity index (χ2n) is 7.53. The summed E-state index contributed by atoms with van der Waals surface area (Å²) in [5.74, 6) is 0.670. The Morgan fingerprint density at radius 3 is 1.97 bits per heavy atom. The third-order valence-electron chi connectivity index (χ3n) is 5.72. The maximum atomic E-state index is 12.8. The lowest BCUT2D eigenvalue weighted by atomic mass is 9.96. The standard InChI is InChI=1S/C25H27N3O2/c1-30-23-15-9-8-14-22(23)26-25(29)28-18-16-27(17-19-28)24(20-10-4-2-5-11-20)21-12-6-3-7-13-21/h2-15,24H,16-19H2,1H3,(H,26,29)/p+1. The van der Waals surface area contributed by atoms with Gasteiger partial charge in [-0.3, -0.25) is 0 Å². The van der Waals surface area contributed by atoms with Crippen LogP contribution in [0.2, 0.25) is 0 Å². The number of benzene rings is 3. The predicted octanol–water partition coefficient (Wildman–Crippen LogP) is 3.22. The number of urea groups is 1. The number of piperazine rings is 1. The molecule has 0 aromatic heterocycles. The normalized spacial score (nSPS) is 14.5. The summed E-state index contributed by atoms with van der Waals surface area (Å²) in [6.07, 6.45) is 0. The van der Waals surface area contributed by atoms with Gasteiger partial charge in [0.2, 0.25) is 0 Å². The lowest BCUT2D eigenvalue weighted by molar-refractivity contribution is -0.929. The molecule has 5 nitrogen and oxygen atoms in total. The average molecular weight is 403 g/mol. The van der Waals surface area contributed by atoms with Crippen LogP contribution in [0.1, 0.15) is 17.2 Å². The second kappa shape index (κ2) is 9.46. The van der Waals surface area contributed by atoms with E-state index in [9.17, 15) is 4.79 Å². The summed E-state index contributed by atoms with van der Waals surface area (Å²) in [4.78, 5) is 16.2. The summed E-state index contributed by atoms with van der Waals surface area (Å²) < 4.78 is 5.34. The van der Waals surface area contributed by atoms with Gasteiger partial charge in [0.05, 0.1) is 39.0 Å². The molecule has 0 unspecified atom stereocenters. The second-order valence-corrected chi connectivity index (χ2v) is 7.53. The Bertz CT molecular complexity index is 915. The molecule has 1 fully saturated rings. The summed E-state index contributed by atoms with van der Waals surface area (Å²) in [5, 5.41) is 2.99. The van der Waals surface area contributed by atoms with Crippen LogP contribution in [0.25, 0.3) is 0 Å². The Morgan fingerprint density at radius 1 is 0.867 bits per heavy atom. The fourth-order valence-corrected chi connectivity index (χ4v) is 4.18. The van der Waals surface area contributed by atoms with Gasteiger partial charge in [0.25, 0.3) is 0 Å². The summed E-state index contributed by atoms with van der Waals surface area (Å²) in [7, 11) is 1.61. The number of methoxy groups -OCH3 is 1. The number of ether oxygens (including phenoxy) is 1. The fraction of sp³-hybridized carbons (Fsp3) is 0.240. The molecule has 2 amide bonds. The number of quaternary nitrogens is 1. The van der Waals surface area contributed by atoms with Crippen LogP contribution in [0, 0.1) is 0 Å². The number of carbonyl (C=O) groups is 1. The number of nitrogens with zero attached hydrogens (tertiary/aromatic N) is 1. The Hall–Kier alpha value is -3.31. The molecule has 0 radical (unpaired) electrons. The van der Waals surface area contributed by atoms with E-state index in [4.69, 9.17) is 4.74 Å². The fourth-order valence-electron chi connectivity index (χ4n) is 4.18. The smallest absolute Gasteiger partial charge is 0.322 e. The molecule has 0 saturated carbocycles. The van der Waals surface area contributed by atoms with Crippen molar-refractivity contribution in [2.75, 3.05) is 38.6 Å². The van der Waals surface area contributed by atoms with E-state index < -0.39 is 0 Å². The minimum atomic E-state index is -0.0745. The molecule has 154 valence electrons. The Balaban J connectivity index is 1.45. The van der Waals surface area contributed by atoms with Gasteiger partial charge in [0, 0.05) is 11.1 Å². The first kappa shape index (κ1) is 20.0. The van der Waals surface area contributed by atoms with Crippen molar-refractivity contribution in [1.29, 1.82) is 0 Å². The SMILES string of the molecule is COc1ccccc1NC(=O)N1CC[NH+](C(c2ccccc2)c2ccccc2)CC1. The molecule has 1 aliphatic heterocycles. The molecule has 1 saturated heterocycles. The zero-order valence-corrected chi connectivity index (χ0v) is 17.3. The molecule has 2 N–H and O–H groups in total. The van der Waals surface area contributed by atoms with E-state index >= 15 is 0 Å². The topological polar surface area (TPSA) is 46.0 Å². The molecule has 5 heteroatoms. The van der Waals surface area contributed by atoms with E-state index in [1.165, 1.54) is 16.0 Å². The zero-order chi connectivity index (χ0) is 20.8. The molecule has 30 heavy (non-hydrogen) atoms. The van der Waals surface area contributed by atoms with Crippen molar-refractivity contribution in [1.82, 2.24) is 4.90 Å². The Morgan fingerprint density at radius 2 is 1.40 bits per heavy atom. The van der Waals surface area contributed by atoms with Crippen molar-refractivity contribution in [3.63, 3.8) is 0 Å². The predicted molar refractivity (Wildman–Crippen MR) is 119 cm³/mol. The minimum Gasteiger partial charge on any atom is -0.495 e. The third-order valence-corrected chi connectivity index (χ3v) is 5.72. The Kier molecular flexibility index (Phi) is 6.30. The monoisotopic (exact) mass is 402 g/mol. The number of hydrogen-bond acceptors (Lipinski definition) is 2. The zero-order valence-electron chi connectivity index (χ0n) is 17.3. The third kappa shape index (κ3) is 4.47. The van der Waals surface area contributed by atoms with Gasteiger partial charge in [-0.1, -0.05) is 72.8 Å². The van der Waals surface area contributed by atoms with Crippen molar-refractivity contribution in [2.24, 2.45) is 0 Å². The number of anilines is 1. The number of para-hydroxylation sites is 2. The van der Waals surface area contributed by atoms with E-state index in [-0.39, 0.29) is 12.1 Å². The lowest BCUT2D eigenvalue weighted by Crippen LogP contribution is -3.15. The van der Waals surface area contributed by atoms with Crippen molar-refractivity contribution in [2.45, 2.75) is 6.04 Å². The maximum Gasteiger partial charge on any atom is 0.322 e. The van der Waals surface area contributed by atoms with Gasteiger partial charge in [-0.15, -0.1) is 0 Å². The maximum absolute atomic E-state index is 12.8. The largest absolute Gasteiger partial charge is 0.495 e. The van der Waals surface area contributed by atoms with Gasteiger partial charge in [0.15, 0.2) is 0 Å². The van der Waals surface area contributed by atoms with E-state index in [2.05, 4.69) is 66.0 Å². The first-order valence-electron chi connectivity index (χ1n) is 10.4. The highest BCUT2D eigenvalue weighted by Gasteiger charge is 2.31. The van der Waals surface area contributed by atoms with Crippen molar-refractivity contribution in [3.05, 3.63) is 96.1 Å². The number of hydrogen-bond donors (Lipinski definition) is 2. The van der Waals surface area contributed by atoms with E-state index in [0.717, 1.165) is 13.1 Å². The molecule has 4 rings (SSSR count). The number of amides is 2. The van der Waals surface area contributed by atoms with Gasteiger partial charge in [0.1, 0.15) is 11.8 Å². The number of nitrogens with one attached hydrogen (secondary N) is 2. The number of carbonyl (C=O) groups excluding carboxylic acids is 1. The summed E-state index contributed by atoms with van der Waals surface area (Å²) in [5.41, 5.74) is 3.32. The van der Waals surface area contributed by atoms with Crippen LogP contribution >= 0.6 is 0 Å². The summed E-state index contributed by atoms with van der Waals surface area (Å²) in [6.45, 7) is 3.22. The molecular formula is C25H28N3O2+. The first-order valence-corrected chi connectivity index (χ1v) is 10.4. The van der Waals surface area contributed by atoms with Gasteiger partial charge in [-0.2, -0.15) is 0 Å². The first-order chi connectivity index (χ1) is 14.8. The van der Waals surface area contributed by atoms with E-state index in [0.29, 0.717) is 24.5 Å². The van der Waals surface area contributed by atoms with Crippen molar-refractivity contribution in [3.8, 4) is 5.75 Å². The quantitative estimate of drug-likeness (QED) is 0.688. The molecule has 0 spiro atoms. The van der Waals surface area contributed by atoms with Crippen LogP contribution in [-0.2, 0) is 0 Å². The van der Waals surface area contributed by atoms with Crippen molar-refractivity contribution >= 4 is 11.7 Å². The van der Waals surface area contributed by atoms with E-state index in [1.54, 1.807) is 7.11 Å². The summed E-state index contributed by atoms with van der Waals surface area (Å²) in [6, 6.07) is 29.0. The number of rotatable bonds is 5. The van der Waals surface area contributed by atoms with E-state index in [1.807, 2.05) is 29.2 Å². The average Bonchev–Trinajstić information content (AvgIpc) is 2.81. The Labute approximate surface area is 177 Å². The van der Waals surface area contributed by atoms with Crippen LogP contribution < -0.4 is 15.0 Å². The highest BCUT2D eigenvalue weighted by Crippen LogP contribution is 2.23. The van der Waals surface area contributed by atoms with Crippen LogP contribution in [0.5, 0.6) is 5.75 Å². The molecule has 0 aliphatic carbocycles. The molecular weight excluding hydrogens is 374 g/mol. The minimum absolute atomic E-state index is 0.0745. The van der Waals surface area contributed by atoms with Crippen LogP contribution in [0.4, 0.5) is 10.5 Å². The highest BCUT2D eigenvalue weighted by molar-refractivity contribution is 5.91. The van der Waals surface area contributed by atoms with Crippen LogP contribution in [0.3, 0.4) is 0 Å². The molecule has 0 bridgehead atoms. The lowest BCUT2D eigenvalue weighted by Gasteiger charge is -2.37. The molecule has 0 atom stereocenters. The highest BCUT2D eigenvalue weighted by atomic mass is 16.5. The van der Waals surface area contributed by atoms with Crippen molar-refractivity contribution < 1.29 is 14.4 Å². The van der Waals surface area contributed by atoms with Gasteiger partial charge in [-0.25, -0.2) is 4.79 Å². The summed E-state index contributed by atoms with van der Waals surface area (Å²) >= 11 is 0. The van der Waals surface area contributed by atoms with Gasteiger partial charge >= 0.3 is 6.03 Å². The molecule has 3 aromatic rings. The van der Waals surface area contributed by atoms with Crippen LogP contribution in [-0.4, -0.2) is 44.2 Å². The van der Waals surface area contributed by atoms with Crippen LogP contribution in [0.15, 0.2) is 84.9 Å². The molecule has 1 aliphatic rings. The van der Waals surface area contributed by atoms with Gasteiger partial charge < -0.3 is 19.9 Å². The van der Waals surface area contributed by atoms with Gasteiger partial charge in [-0.05, 0) is 12.1 Å². The molecule has 1 heterocycles.